The van der Waals surface area contributed by atoms with E-state index in [4.69, 9.17) is 0 Å². The Balaban J connectivity index is 1.89. The third-order valence-corrected chi connectivity index (χ3v) is 3.80. The van der Waals surface area contributed by atoms with E-state index in [0.29, 0.717) is 19.6 Å². The van der Waals surface area contributed by atoms with Crippen molar-refractivity contribution in [3.8, 4) is 0 Å². The molecule has 0 aromatic carbocycles. The van der Waals surface area contributed by atoms with Crippen LogP contribution in [0.4, 0.5) is 5.95 Å². The SMILES string of the molecule is Cc1cc(CNCC(O)CN(C)C)nc(N2CCCCC2)n1. The van der Waals surface area contributed by atoms with Gasteiger partial charge >= 0.3 is 0 Å². The van der Waals surface area contributed by atoms with E-state index in [-0.39, 0.29) is 6.10 Å². The molecule has 1 saturated heterocycles. The molecule has 0 spiro atoms. The summed E-state index contributed by atoms with van der Waals surface area (Å²) in [5, 5.41) is 13.1. The molecule has 124 valence electrons. The molecule has 1 aromatic heterocycles. The molecule has 1 aliphatic heterocycles. The van der Waals surface area contributed by atoms with Gasteiger partial charge in [0.05, 0.1) is 11.8 Å². The highest BCUT2D eigenvalue weighted by Crippen LogP contribution is 2.16. The van der Waals surface area contributed by atoms with Crippen LogP contribution >= 0.6 is 0 Å². The van der Waals surface area contributed by atoms with Crippen LogP contribution < -0.4 is 10.2 Å². The first-order chi connectivity index (χ1) is 10.5. The predicted molar refractivity (Wildman–Crippen MR) is 89.1 cm³/mol. The summed E-state index contributed by atoms with van der Waals surface area (Å²) in [6.45, 7) is 6.01. The molecule has 0 radical (unpaired) electrons. The quantitative estimate of drug-likeness (QED) is 0.776. The second kappa shape index (κ2) is 8.41. The molecule has 0 amide bonds. The second-order valence-electron chi connectivity index (χ2n) is 6.40. The van der Waals surface area contributed by atoms with Crippen molar-refractivity contribution >= 4 is 5.95 Å². The Morgan fingerprint density at radius 1 is 1.27 bits per heavy atom. The average Bonchev–Trinajstić information content (AvgIpc) is 2.47. The minimum atomic E-state index is -0.362. The highest BCUT2D eigenvalue weighted by atomic mass is 16.3. The zero-order valence-electron chi connectivity index (χ0n) is 14.0. The zero-order chi connectivity index (χ0) is 15.9. The lowest BCUT2D eigenvalue weighted by molar-refractivity contribution is 0.134. The van der Waals surface area contributed by atoms with Gasteiger partial charge in [0.15, 0.2) is 0 Å². The number of aromatic nitrogens is 2. The molecule has 0 saturated carbocycles. The Labute approximate surface area is 133 Å². The topological polar surface area (TPSA) is 64.5 Å². The highest BCUT2D eigenvalue weighted by molar-refractivity contribution is 5.32. The van der Waals surface area contributed by atoms with Crippen LogP contribution in [0, 0.1) is 6.92 Å². The summed E-state index contributed by atoms with van der Waals surface area (Å²) in [6, 6.07) is 2.01. The van der Waals surface area contributed by atoms with E-state index in [1.807, 2.05) is 32.0 Å². The maximum atomic E-state index is 9.87. The molecule has 1 aromatic rings. The summed E-state index contributed by atoms with van der Waals surface area (Å²) in [7, 11) is 3.92. The van der Waals surface area contributed by atoms with Crippen LogP contribution in [-0.4, -0.2) is 66.4 Å². The minimum Gasteiger partial charge on any atom is -0.390 e. The molecule has 6 nitrogen and oxygen atoms in total. The zero-order valence-corrected chi connectivity index (χ0v) is 14.0. The average molecular weight is 307 g/mol. The number of hydrogen-bond donors (Lipinski definition) is 2. The summed E-state index contributed by atoms with van der Waals surface area (Å²) in [5.74, 6) is 0.852. The number of aliphatic hydroxyl groups excluding tert-OH is 1. The van der Waals surface area contributed by atoms with Crippen LogP contribution in [0.2, 0.25) is 0 Å². The van der Waals surface area contributed by atoms with Crippen molar-refractivity contribution in [1.82, 2.24) is 20.2 Å². The fraction of sp³-hybridized carbons (Fsp3) is 0.750. The van der Waals surface area contributed by atoms with Crippen molar-refractivity contribution in [3.05, 3.63) is 17.5 Å². The molecule has 1 fully saturated rings. The Hall–Kier alpha value is -1.24. The lowest BCUT2D eigenvalue weighted by Gasteiger charge is -2.27. The second-order valence-corrected chi connectivity index (χ2v) is 6.40. The first-order valence-corrected chi connectivity index (χ1v) is 8.17. The standard InChI is InChI=1S/C16H29N5O/c1-13-9-14(10-17-11-15(22)12-20(2)3)19-16(18-13)21-7-5-4-6-8-21/h9,15,17,22H,4-8,10-12H2,1-3H3. The molecule has 1 atom stereocenters. The number of rotatable bonds is 7. The number of nitrogens with zero attached hydrogens (tertiary/aromatic N) is 4. The van der Waals surface area contributed by atoms with Gasteiger partial charge in [0.25, 0.3) is 0 Å². The summed E-state index contributed by atoms with van der Waals surface area (Å²) >= 11 is 0. The van der Waals surface area contributed by atoms with Crippen molar-refractivity contribution in [3.63, 3.8) is 0 Å². The van der Waals surface area contributed by atoms with Crippen LogP contribution in [-0.2, 0) is 6.54 Å². The van der Waals surface area contributed by atoms with Crippen molar-refractivity contribution < 1.29 is 5.11 Å². The molecule has 2 N–H and O–H groups in total. The Kier molecular flexibility index (Phi) is 6.54. The van der Waals surface area contributed by atoms with Crippen molar-refractivity contribution in [2.45, 2.75) is 38.8 Å². The molecule has 2 heterocycles. The number of hydrogen-bond acceptors (Lipinski definition) is 6. The molecule has 0 aliphatic carbocycles. The van der Waals surface area contributed by atoms with Gasteiger partial charge in [-0.25, -0.2) is 9.97 Å². The first-order valence-electron chi connectivity index (χ1n) is 8.17. The fourth-order valence-corrected chi connectivity index (χ4v) is 2.80. The van der Waals surface area contributed by atoms with Gasteiger partial charge < -0.3 is 20.2 Å². The molecular weight excluding hydrogens is 278 g/mol. The van der Waals surface area contributed by atoms with Crippen molar-refractivity contribution in [2.75, 3.05) is 45.2 Å². The number of aliphatic hydroxyl groups is 1. The first kappa shape index (κ1) is 17.1. The van der Waals surface area contributed by atoms with Crippen molar-refractivity contribution in [1.29, 1.82) is 0 Å². The third-order valence-electron chi connectivity index (χ3n) is 3.80. The van der Waals surface area contributed by atoms with Crippen LogP contribution in [0.15, 0.2) is 6.07 Å². The van der Waals surface area contributed by atoms with Crippen LogP contribution in [0.5, 0.6) is 0 Å². The summed E-state index contributed by atoms with van der Waals surface area (Å²) in [4.78, 5) is 13.5. The number of aryl methyl sites for hydroxylation is 1. The maximum Gasteiger partial charge on any atom is 0.225 e. The Morgan fingerprint density at radius 3 is 2.68 bits per heavy atom. The normalized spacial score (nSPS) is 17.0. The van der Waals surface area contributed by atoms with E-state index < -0.39 is 0 Å². The van der Waals surface area contributed by atoms with Gasteiger partial charge in [0, 0.05) is 38.4 Å². The minimum absolute atomic E-state index is 0.362. The summed E-state index contributed by atoms with van der Waals surface area (Å²) in [5.41, 5.74) is 1.99. The largest absolute Gasteiger partial charge is 0.390 e. The number of anilines is 1. The third kappa shape index (κ3) is 5.51. The number of nitrogens with one attached hydrogen (secondary N) is 1. The predicted octanol–water partition coefficient (Wildman–Crippen LogP) is 0.787. The van der Waals surface area contributed by atoms with Gasteiger partial charge in [0.1, 0.15) is 0 Å². The van der Waals surface area contributed by atoms with Gasteiger partial charge in [-0.15, -0.1) is 0 Å². The van der Waals surface area contributed by atoms with E-state index in [1.165, 1.54) is 19.3 Å². The van der Waals surface area contributed by atoms with Gasteiger partial charge in [0.2, 0.25) is 5.95 Å². The lowest BCUT2D eigenvalue weighted by Crippen LogP contribution is -2.35. The molecule has 22 heavy (non-hydrogen) atoms. The van der Waals surface area contributed by atoms with Crippen LogP contribution in [0.3, 0.4) is 0 Å². The summed E-state index contributed by atoms with van der Waals surface area (Å²) < 4.78 is 0. The fourth-order valence-electron chi connectivity index (χ4n) is 2.80. The van der Waals surface area contributed by atoms with Gasteiger partial charge in [-0.05, 0) is 46.3 Å². The number of likely N-dealkylation sites (N-methyl/N-ethyl adjacent to an activating group) is 1. The van der Waals surface area contributed by atoms with Gasteiger partial charge in [-0.3, -0.25) is 0 Å². The van der Waals surface area contributed by atoms with Crippen molar-refractivity contribution in [2.24, 2.45) is 0 Å². The molecule has 2 rings (SSSR count). The van der Waals surface area contributed by atoms with Gasteiger partial charge in [-0.2, -0.15) is 0 Å². The Bertz CT molecular complexity index is 460. The molecule has 0 bridgehead atoms. The molecule has 6 heteroatoms. The van der Waals surface area contributed by atoms with E-state index in [9.17, 15) is 5.11 Å². The molecular formula is C16H29N5O. The van der Waals surface area contributed by atoms with Crippen LogP contribution in [0.25, 0.3) is 0 Å². The number of piperidine rings is 1. The highest BCUT2D eigenvalue weighted by Gasteiger charge is 2.14. The van der Waals surface area contributed by atoms with E-state index in [2.05, 4.69) is 20.2 Å². The molecule has 1 aliphatic rings. The van der Waals surface area contributed by atoms with E-state index >= 15 is 0 Å². The smallest absolute Gasteiger partial charge is 0.225 e. The molecule has 1 unspecified atom stereocenters. The van der Waals surface area contributed by atoms with Gasteiger partial charge in [-0.1, -0.05) is 0 Å². The van der Waals surface area contributed by atoms with E-state index in [0.717, 1.165) is 30.4 Å². The monoisotopic (exact) mass is 307 g/mol. The maximum absolute atomic E-state index is 9.87. The lowest BCUT2D eigenvalue weighted by atomic mass is 10.1. The van der Waals surface area contributed by atoms with E-state index in [1.54, 1.807) is 0 Å². The Morgan fingerprint density at radius 2 is 2.00 bits per heavy atom. The summed E-state index contributed by atoms with van der Waals surface area (Å²) in [6.07, 6.45) is 3.39. The van der Waals surface area contributed by atoms with Crippen LogP contribution in [0.1, 0.15) is 30.7 Å².